The van der Waals surface area contributed by atoms with Crippen LogP contribution in [0.5, 0.6) is 0 Å². The predicted octanol–water partition coefficient (Wildman–Crippen LogP) is 12.4. The maximum Gasteiger partial charge on any atom is 0.308 e. The second-order valence-corrected chi connectivity index (χ2v) is 13.8. The lowest BCUT2D eigenvalue weighted by Gasteiger charge is -2.21. The summed E-state index contributed by atoms with van der Waals surface area (Å²) in [6.45, 7) is 10.5. The van der Waals surface area contributed by atoms with Crippen molar-refractivity contribution in [3.8, 4) is 0 Å². The summed E-state index contributed by atoms with van der Waals surface area (Å²) >= 11 is 0. The molecule has 0 heterocycles. The molecule has 0 rings (SSSR count). The Kier molecular flexibility index (Phi) is 36.9. The molecule has 4 nitrogen and oxygen atoms in total. The molecule has 0 spiro atoms. The Bertz CT molecular complexity index is 608. The smallest absolute Gasteiger partial charge is 0.308 e. The van der Waals surface area contributed by atoms with Crippen LogP contribution in [0.15, 0.2) is 12.2 Å². The van der Waals surface area contributed by atoms with Crippen LogP contribution in [0.25, 0.3) is 0 Å². The topological polar surface area (TPSA) is 49.8 Å². The molecule has 1 atom stereocenters. The van der Waals surface area contributed by atoms with E-state index in [4.69, 9.17) is 4.74 Å². The number of ether oxygens (including phenoxy) is 1. The first-order valence-electron chi connectivity index (χ1n) is 20.3. The molecule has 0 aliphatic rings. The van der Waals surface area contributed by atoms with Gasteiger partial charge in [-0.2, -0.15) is 0 Å². The fourth-order valence-corrected chi connectivity index (χ4v) is 6.33. The highest BCUT2D eigenvalue weighted by atomic mass is 16.5. The first-order valence-corrected chi connectivity index (χ1v) is 20.3. The van der Waals surface area contributed by atoms with Gasteiger partial charge in [-0.1, -0.05) is 155 Å². The fourth-order valence-electron chi connectivity index (χ4n) is 6.33. The highest BCUT2D eigenvalue weighted by molar-refractivity contribution is 5.72. The van der Waals surface area contributed by atoms with E-state index >= 15 is 0 Å². The number of nitrogens with zero attached hydrogens (tertiary/aromatic N) is 1. The lowest BCUT2D eigenvalue weighted by molar-refractivity contribution is -0.149. The van der Waals surface area contributed by atoms with E-state index in [1.54, 1.807) is 0 Å². The van der Waals surface area contributed by atoms with Crippen LogP contribution in [0.2, 0.25) is 0 Å². The molecule has 4 heteroatoms. The minimum absolute atomic E-state index is 0.0573. The molecule has 0 saturated carbocycles. The maximum absolute atomic E-state index is 12.9. The van der Waals surface area contributed by atoms with Crippen molar-refractivity contribution in [1.82, 2.24) is 4.90 Å². The fraction of sp³-hybridized carbons (Fsp3) is 0.927. The summed E-state index contributed by atoms with van der Waals surface area (Å²) in [6, 6.07) is 0. The second-order valence-electron chi connectivity index (χ2n) is 13.8. The van der Waals surface area contributed by atoms with Gasteiger partial charge < -0.3 is 14.7 Å². The molecule has 1 unspecified atom stereocenters. The lowest BCUT2D eigenvalue weighted by atomic mass is 9.94. The highest BCUT2D eigenvalue weighted by Crippen LogP contribution is 2.21. The maximum atomic E-state index is 12.9. The molecule has 0 radical (unpaired) electrons. The first kappa shape index (κ1) is 44.1. The van der Waals surface area contributed by atoms with Crippen molar-refractivity contribution in [3.63, 3.8) is 0 Å². The molecule has 0 fully saturated rings. The standard InChI is InChI=1S/C41H81NO3/c1-4-7-10-13-15-16-17-18-19-20-21-22-23-24-26-30-35-42(37-38-43)36-31-27-32-39-45-41(44)40(33-28-12-9-6-3)34-29-25-14-11-8-5-2/h18-19,40,43H,4-17,20-39H2,1-3H3. The molecule has 0 aliphatic carbocycles. The van der Waals surface area contributed by atoms with E-state index in [1.807, 2.05) is 0 Å². The van der Waals surface area contributed by atoms with Crippen LogP contribution >= 0.6 is 0 Å². The molecule has 0 aliphatic heterocycles. The van der Waals surface area contributed by atoms with Crippen molar-refractivity contribution < 1.29 is 14.6 Å². The van der Waals surface area contributed by atoms with Crippen LogP contribution in [0.4, 0.5) is 0 Å². The summed E-state index contributed by atoms with van der Waals surface area (Å²) in [5.74, 6) is 0.159. The van der Waals surface area contributed by atoms with E-state index in [0.29, 0.717) is 6.61 Å². The number of hydrogen-bond donors (Lipinski definition) is 1. The summed E-state index contributed by atoms with van der Waals surface area (Å²) in [5.41, 5.74) is 0. The molecule has 0 aromatic carbocycles. The first-order chi connectivity index (χ1) is 22.2. The van der Waals surface area contributed by atoms with E-state index in [0.717, 1.165) is 64.6 Å². The Morgan fingerprint density at radius 3 is 1.42 bits per heavy atom. The van der Waals surface area contributed by atoms with Crippen molar-refractivity contribution >= 4 is 5.97 Å². The van der Waals surface area contributed by atoms with Crippen LogP contribution in [0, 0.1) is 5.92 Å². The van der Waals surface area contributed by atoms with E-state index in [9.17, 15) is 9.90 Å². The van der Waals surface area contributed by atoms with E-state index in [1.165, 1.54) is 141 Å². The highest BCUT2D eigenvalue weighted by Gasteiger charge is 2.19. The number of hydrogen-bond acceptors (Lipinski definition) is 4. The van der Waals surface area contributed by atoms with Gasteiger partial charge in [0.25, 0.3) is 0 Å². The SMILES string of the molecule is CCCCCCCCC=CCCCCCCCCN(CCO)CCCCCOC(=O)C(CCCCCC)CCCCCCCC. The summed E-state index contributed by atoms with van der Waals surface area (Å²) in [4.78, 5) is 15.3. The Balaban J connectivity index is 3.91. The molecule has 0 amide bonds. The van der Waals surface area contributed by atoms with Crippen molar-refractivity contribution in [2.45, 2.75) is 207 Å². The number of rotatable bonds is 37. The molecular formula is C41H81NO3. The number of allylic oxidation sites excluding steroid dienone is 2. The van der Waals surface area contributed by atoms with Crippen LogP contribution in [0.3, 0.4) is 0 Å². The molecule has 0 bridgehead atoms. The summed E-state index contributed by atoms with van der Waals surface area (Å²) < 4.78 is 5.78. The van der Waals surface area contributed by atoms with Gasteiger partial charge in [-0.15, -0.1) is 0 Å². The zero-order chi connectivity index (χ0) is 32.9. The van der Waals surface area contributed by atoms with Crippen molar-refractivity contribution in [3.05, 3.63) is 12.2 Å². The number of aliphatic hydroxyl groups is 1. The number of carbonyl (C=O) groups is 1. The predicted molar refractivity (Wildman–Crippen MR) is 198 cm³/mol. The summed E-state index contributed by atoms with van der Waals surface area (Å²) in [7, 11) is 0. The third-order valence-corrected chi connectivity index (χ3v) is 9.41. The lowest BCUT2D eigenvalue weighted by Crippen LogP contribution is -2.29. The quantitative estimate of drug-likeness (QED) is 0.0419. The number of esters is 1. The van der Waals surface area contributed by atoms with E-state index in [-0.39, 0.29) is 18.5 Å². The average molecular weight is 636 g/mol. The van der Waals surface area contributed by atoms with Gasteiger partial charge in [-0.05, 0) is 77.3 Å². The van der Waals surface area contributed by atoms with Crippen molar-refractivity contribution in [2.24, 2.45) is 5.92 Å². The van der Waals surface area contributed by atoms with Gasteiger partial charge in [-0.3, -0.25) is 4.79 Å². The molecule has 1 N–H and O–H groups in total. The van der Waals surface area contributed by atoms with Crippen molar-refractivity contribution in [1.29, 1.82) is 0 Å². The van der Waals surface area contributed by atoms with Gasteiger partial charge in [0.15, 0.2) is 0 Å². The van der Waals surface area contributed by atoms with Gasteiger partial charge in [0.1, 0.15) is 0 Å². The zero-order valence-corrected chi connectivity index (χ0v) is 31.0. The average Bonchev–Trinajstić information content (AvgIpc) is 3.04. The Morgan fingerprint density at radius 2 is 0.933 bits per heavy atom. The van der Waals surface area contributed by atoms with Crippen LogP contribution in [-0.4, -0.2) is 48.8 Å². The Hall–Kier alpha value is -0.870. The van der Waals surface area contributed by atoms with Gasteiger partial charge >= 0.3 is 5.97 Å². The summed E-state index contributed by atoms with van der Waals surface area (Å²) in [5, 5.41) is 9.53. The van der Waals surface area contributed by atoms with Gasteiger partial charge in [0.2, 0.25) is 0 Å². The van der Waals surface area contributed by atoms with E-state index in [2.05, 4.69) is 37.8 Å². The molecule has 0 aromatic heterocycles. The monoisotopic (exact) mass is 636 g/mol. The van der Waals surface area contributed by atoms with Crippen LogP contribution < -0.4 is 0 Å². The normalized spacial score (nSPS) is 12.5. The van der Waals surface area contributed by atoms with Gasteiger partial charge in [0, 0.05) is 6.54 Å². The summed E-state index contributed by atoms with van der Waals surface area (Å²) in [6.07, 6.45) is 41.3. The molecule has 268 valence electrons. The van der Waals surface area contributed by atoms with Crippen LogP contribution in [0.1, 0.15) is 207 Å². The number of unbranched alkanes of at least 4 members (excludes halogenated alkanes) is 22. The zero-order valence-electron chi connectivity index (χ0n) is 31.0. The van der Waals surface area contributed by atoms with Gasteiger partial charge in [0.05, 0.1) is 19.1 Å². The van der Waals surface area contributed by atoms with Gasteiger partial charge in [-0.25, -0.2) is 0 Å². The molecular weight excluding hydrogens is 554 g/mol. The number of aliphatic hydroxyl groups excluding tert-OH is 1. The minimum atomic E-state index is 0.0573. The molecule has 0 saturated heterocycles. The third kappa shape index (κ3) is 32.8. The second kappa shape index (κ2) is 37.6. The van der Waals surface area contributed by atoms with Crippen molar-refractivity contribution in [2.75, 3.05) is 32.8 Å². The molecule has 45 heavy (non-hydrogen) atoms. The largest absolute Gasteiger partial charge is 0.465 e. The minimum Gasteiger partial charge on any atom is -0.465 e. The Morgan fingerprint density at radius 1 is 0.533 bits per heavy atom. The molecule has 0 aromatic rings. The Labute approximate surface area is 282 Å². The van der Waals surface area contributed by atoms with Crippen LogP contribution in [-0.2, 0) is 9.53 Å². The number of carbonyl (C=O) groups excluding carboxylic acids is 1. The third-order valence-electron chi connectivity index (χ3n) is 9.41. The van der Waals surface area contributed by atoms with E-state index < -0.39 is 0 Å².